The van der Waals surface area contributed by atoms with Crippen molar-refractivity contribution in [1.82, 2.24) is 0 Å². The molecule has 0 heterocycles. The van der Waals surface area contributed by atoms with Crippen molar-refractivity contribution in [2.24, 2.45) is 0 Å². The molecule has 0 spiro atoms. The maximum Gasteiger partial charge on any atom is 0.0766 e. The number of allylic oxidation sites excluding steroid dienone is 1. The summed E-state index contributed by atoms with van der Waals surface area (Å²) < 4.78 is 0. The quantitative estimate of drug-likeness (QED) is 0.384. The molecule has 0 bridgehead atoms. The van der Waals surface area contributed by atoms with Gasteiger partial charge >= 0.3 is 0 Å². The fourth-order valence-corrected chi connectivity index (χ4v) is 4.82. The van der Waals surface area contributed by atoms with Crippen LogP contribution in [0.3, 0.4) is 0 Å². The molecule has 0 aliphatic heterocycles. The van der Waals surface area contributed by atoms with Crippen LogP contribution in [0.15, 0.2) is 11.8 Å². The van der Waals surface area contributed by atoms with Crippen LogP contribution in [0.2, 0.25) is 18.1 Å². The highest BCUT2D eigenvalue weighted by Crippen LogP contribution is 2.21. The van der Waals surface area contributed by atoms with E-state index in [-0.39, 0.29) is 0 Å². The molecule has 0 atom stereocenters. The monoisotopic (exact) mass is 212 g/mol. The van der Waals surface area contributed by atoms with Crippen molar-refractivity contribution >= 4 is 8.07 Å². The minimum absolute atomic E-state index is 0.958. The van der Waals surface area contributed by atoms with E-state index in [9.17, 15) is 0 Å². The Bertz CT molecular complexity index is 137. The molecule has 0 aromatic rings. The van der Waals surface area contributed by atoms with Crippen molar-refractivity contribution in [1.29, 1.82) is 0 Å². The summed E-state index contributed by atoms with van der Waals surface area (Å²) in [5.74, 6) is 0. The highest BCUT2D eigenvalue weighted by atomic mass is 28.3. The van der Waals surface area contributed by atoms with Gasteiger partial charge in [-0.05, 0) is 12.8 Å². The van der Waals surface area contributed by atoms with Crippen LogP contribution in [0.5, 0.6) is 0 Å². The van der Waals surface area contributed by atoms with Crippen LogP contribution in [0.25, 0.3) is 0 Å². The van der Waals surface area contributed by atoms with Crippen LogP contribution < -0.4 is 0 Å². The zero-order valence-corrected chi connectivity index (χ0v) is 11.6. The second-order valence-electron chi connectivity index (χ2n) is 4.32. The molecule has 0 aliphatic rings. The minimum atomic E-state index is -0.958. The predicted molar refractivity (Wildman–Crippen MR) is 70.5 cm³/mol. The Balaban J connectivity index is 3.90. The molecule has 0 aromatic carbocycles. The van der Waals surface area contributed by atoms with E-state index in [2.05, 4.69) is 39.5 Å². The topological polar surface area (TPSA) is 0 Å². The largest absolute Gasteiger partial charge is 0.0981 e. The Morgan fingerprint density at radius 1 is 0.857 bits per heavy atom. The molecule has 0 aromatic heterocycles. The van der Waals surface area contributed by atoms with Gasteiger partial charge in [0.2, 0.25) is 0 Å². The Morgan fingerprint density at radius 2 is 1.43 bits per heavy atom. The van der Waals surface area contributed by atoms with E-state index in [0.29, 0.717) is 0 Å². The molecule has 0 rings (SSSR count). The average Bonchev–Trinajstić information content (AvgIpc) is 2.24. The molecule has 14 heavy (non-hydrogen) atoms. The van der Waals surface area contributed by atoms with Crippen molar-refractivity contribution in [2.75, 3.05) is 0 Å². The van der Waals surface area contributed by atoms with E-state index < -0.39 is 8.07 Å². The van der Waals surface area contributed by atoms with Gasteiger partial charge in [-0.3, -0.25) is 0 Å². The van der Waals surface area contributed by atoms with Gasteiger partial charge in [0, 0.05) is 0 Å². The van der Waals surface area contributed by atoms with Gasteiger partial charge in [-0.25, -0.2) is 0 Å². The second-order valence-corrected chi connectivity index (χ2v) is 9.50. The average molecular weight is 212 g/mol. The number of unbranched alkanes of at least 4 members (excludes halogenated alkanes) is 3. The van der Waals surface area contributed by atoms with Gasteiger partial charge in [0.05, 0.1) is 8.07 Å². The third kappa shape index (κ3) is 4.99. The third-order valence-electron chi connectivity index (χ3n) is 3.56. The van der Waals surface area contributed by atoms with Crippen LogP contribution in [-0.4, -0.2) is 8.07 Å². The van der Waals surface area contributed by atoms with Crippen LogP contribution >= 0.6 is 0 Å². The van der Waals surface area contributed by atoms with Gasteiger partial charge in [0.25, 0.3) is 0 Å². The summed E-state index contributed by atoms with van der Waals surface area (Å²) in [4.78, 5) is 0. The van der Waals surface area contributed by atoms with Crippen LogP contribution in [-0.2, 0) is 0 Å². The lowest BCUT2D eigenvalue weighted by Crippen LogP contribution is -2.28. The van der Waals surface area contributed by atoms with E-state index in [1.807, 2.05) is 0 Å². The maximum absolute atomic E-state index is 2.61. The normalized spacial score (nSPS) is 12.6. The van der Waals surface area contributed by atoms with Crippen molar-refractivity contribution in [3.63, 3.8) is 0 Å². The smallest absolute Gasteiger partial charge is 0.0766 e. The first-order valence-corrected chi connectivity index (χ1v) is 9.12. The molecule has 0 saturated carbocycles. The van der Waals surface area contributed by atoms with Gasteiger partial charge in [-0.15, -0.1) is 0 Å². The minimum Gasteiger partial charge on any atom is -0.0981 e. The van der Waals surface area contributed by atoms with Gasteiger partial charge in [-0.1, -0.05) is 70.4 Å². The van der Waals surface area contributed by atoms with Crippen LogP contribution in [0.1, 0.15) is 53.4 Å². The van der Waals surface area contributed by atoms with E-state index in [0.717, 1.165) is 0 Å². The fourth-order valence-electron chi connectivity index (χ4n) is 1.95. The molecule has 0 N–H and O–H groups in total. The molecule has 0 nitrogen and oxygen atoms in total. The highest BCUT2D eigenvalue weighted by molar-refractivity contribution is 6.84. The summed E-state index contributed by atoms with van der Waals surface area (Å²) in [5.41, 5.74) is 2.61. The Kier molecular flexibility index (Phi) is 8.25. The van der Waals surface area contributed by atoms with Crippen molar-refractivity contribution in [3.8, 4) is 0 Å². The Labute approximate surface area is 91.8 Å². The van der Waals surface area contributed by atoms with Gasteiger partial charge in [-0.2, -0.15) is 0 Å². The standard InChI is InChI=1S/C13H28Si/c1-5-9-10-11-12-13-14(6-2,7-3)8-4/h12-13H,5-11H2,1-4H3/b13-12-. The third-order valence-corrected chi connectivity index (χ3v) is 8.73. The zero-order valence-electron chi connectivity index (χ0n) is 10.6. The predicted octanol–water partition coefficient (Wildman–Crippen LogP) is 5.17. The van der Waals surface area contributed by atoms with E-state index >= 15 is 0 Å². The first kappa shape index (κ1) is 14.0. The lowest BCUT2D eigenvalue weighted by Gasteiger charge is -2.23. The summed E-state index contributed by atoms with van der Waals surface area (Å²) in [6.07, 6.45) is 7.89. The Morgan fingerprint density at radius 3 is 1.86 bits per heavy atom. The first-order valence-electron chi connectivity index (χ1n) is 6.42. The van der Waals surface area contributed by atoms with E-state index in [4.69, 9.17) is 0 Å². The summed E-state index contributed by atoms with van der Waals surface area (Å²) in [5, 5.41) is 0. The van der Waals surface area contributed by atoms with Crippen LogP contribution in [0, 0.1) is 0 Å². The highest BCUT2D eigenvalue weighted by Gasteiger charge is 2.22. The van der Waals surface area contributed by atoms with Crippen molar-refractivity contribution in [2.45, 2.75) is 71.5 Å². The van der Waals surface area contributed by atoms with Gasteiger partial charge < -0.3 is 0 Å². The molecule has 0 unspecified atom stereocenters. The molecule has 0 radical (unpaired) electrons. The molecule has 0 saturated heterocycles. The van der Waals surface area contributed by atoms with E-state index in [1.54, 1.807) is 0 Å². The molecule has 84 valence electrons. The molecule has 0 aliphatic carbocycles. The summed E-state index contributed by atoms with van der Waals surface area (Å²) in [7, 11) is -0.958. The number of rotatable bonds is 8. The van der Waals surface area contributed by atoms with Gasteiger partial charge in [0.15, 0.2) is 0 Å². The first-order chi connectivity index (χ1) is 6.74. The lowest BCUT2D eigenvalue weighted by atomic mass is 10.2. The summed E-state index contributed by atoms with van der Waals surface area (Å²) in [6.45, 7) is 9.38. The summed E-state index contributed by atoms with van der Waals surface area (Å²) >= 11 is 0. The molecular formula is C13H28Si. The van der Waals surface area contributed by atoms with Crippen LogP contribution in [0.4, 0.5) is 0 Å². The lowest BCUT2D eigenvalue weighted by molar-refractivity contribution is 0.729. The fraction of sp³-hybridized carbons (Fsp3) is 0.846. The van der Waals surface area contributed by atoms with Crippen molar-refractivity contribution in [3.05, 3.63) is 11.8 Å². The molecular weight excluding hydrogens is 184 g/mol. The summed E-state index contributed by atoms with van der Waals surface area (Å²) in [6, 6.07) is 4.26. The van der Waals surface area contributed by atoms with Gasteiger partial charge in [0.1, 0.15) is 0 Å². The molecule has 0 amide bonds. The maximum atomic E-state index is 2.61. The molecule has 0 fully saturated rings. The Hall–Kier alpha value is -0.0431. The number of hydrogen-bond acceptors (Lipinski definition) is 0. The number of hydrogen-bond donors (Lipinski definition) is 0. The van der Waals surface area contributed by atoms with Crippen molar-refractivity contribution < 1.29 is 0 Å². The second kappa shape index (κ2) is 8.28. The SMILES string of the molecule is CCCCC/C=C\[Si](CC)(CC)CC. The van der Waals surface area contributed by atoms with E-state index in [1.165, 1.54) is 43.8 Å². The zero-order chi connectivity index (χ0) is 10.9. The molecule has 1 heteroatoms.